The molecule has 0 fully saturated rings. The van der Waals surface area contributed by atoms with Crippen molar-refractivity contribution < 1.29 is 18.3 Å². The molecule has 17 heavy (non-hydrogen) atoms. The van der Waals surface area contributed by atoms with Gasteiger partial charge in [-0.3, -0.25) is 4.79 Å². The van der Waals surface area contributed by atoms with E-state index in [4.69, 9.17) is 5.11 Å². The van der Waals surface area contributed by atoms with Crippen LogP contribution in [0.3, 0.4) is 0 Å². The highest BCUT2D eigenvalue weighted by Crippen LogP contribution is 2.21. The first-order chi connectivity index (χ1) is 7.46. The average molecular weight is 265 g/mol. The minimum atomic E-state index is -3.50. The maximum Gasteiger partial charge on any atom is 0.318 e. The van der Waals surface area contributed by atoms with Crippen molar-refractivity contribution in [1.29, 1.82) is 0 Å². The first-order valence-corrected chi connectivity index (χ1v) is 7.28. The Morgan fingerprint density at radius 3 is 2.06 bits per heavy atom. The van der Waals surface area contributed by atoms with Crippen LogP contribution in [0.1, 0.15) is 41.0 Å². The van der Waals surface area contributed by atoms with Crippen molar-refractivity contribution in [2.75, 3.05) is 12.3 Å². The number of carbonyl (C=O) groups is 1. The third-order valence-electron chi connectivity index (χ3n) is 2.33. The SMILES string of the molecule is CC(C)N(CC(=O)O)S(=O)(=O)CCC(C)(C)C. The number of sulfonamides is 1. The van der Waals surface area contributed by atoms with Gasteiger partial charge in [0.15, 0.2) is 0 Å². The fourth-order valence-electron chi connectivity index (χ4n) is 1.29. The van der Waals surface area contributed by atoms with Gasteiger partial charge in [-0.25, -0.2) is 8.42 Å². The van der Waals surface area contributed by atoms with E-state index in [0.717, 1.165) is 4.31 Å². The van der Waals surface area contributed by atoms with E-state index in [1.807, 2.05) is 20.8 Å². The summed E-state index contributed by atoms with van der Waals surface area (Å²) in [6.45, 7) is 8.76. The zero-order chi connectivity index (χ0) is 13.9. The van der Waals surface area contributed by atoms with Crippen LogP contribution in [0.5, 0.6) is 0 Å². The van der Waals surface area contributed by atoms with Gasteiger partial charge in [0.25, 0.3) is 0 Å². The molecule has 0 bridgehead atoms. The molecule has 102 valence electrons. The lowest BCUT2D eigenvalue weighted by Gasteiger charge is -2.26. The predicted molar refractivity (Wildman–Crippen MR) is 67.3 cm³/mol. The molecule has 0 aliphatic carbocycles. The third kappa shape index (κ3) is 6.63. The van der Waals surface area contributed by atoms with Gasteiger partial charge in [0.2, 0.25) is 10.0 Å². The first kappa shape index (κ1) is 16.4. The Morgan fingerprint density at radius 1 is 1.29 bits per heavy atom. The molecule has 0 spiro atoms. The van der Waals surface area contributed by atoms with Crippen LogP contribution in [0.15, 0.2) is 0 Å². The highest BCUT2D eigenvalue weighted by Gasteiger charge is 2.28. The van der Waals surface area contributed by atoms with Gasteiger partial charge in [0, 0.05) is 6.04 Å². The standard InChI is InChI=1S/C11H23NO4S/c1-9(2)12(8-10(13)14)17(15,16)7-6-11(3,4)5/h9H,6-8H2,1-5H3,(H,13,14). The topological polar surface area (TPSA) is 74.7 Å². The van der Waals surface area contributed by atoms with Crippen molar-refractivity contribution >= 4 is 16.0 Å². The molecular weight excluding hydrogens is 242 g/mol. The van der Waals surface area contributed by atoms with Gasteiger partial charge in [-0.15, -0.1) is 0 Å². The Hall–Kier alpha value is -0.620. The average Bonchev–Trinajstić information content (AvgIpc) is 2.09. The van der Waals surface area contributed by atoms with Crippen LogP contribution in [-0.2, 0) is 14.8 Å². The zero-order valence-electron chi connectivity index (χ0n) is 11.2. The smallest absolute Gasteiger partial charge is 0.318 e. The number of nitrogens with zero attached hydrogens (tertiary/aromatic N) is 1. The van der Waals surface area contributed by atoms with E-state index in [1.165, 1.54) is 0 Å². The molecule has 0 saturated carbocycles. The summed E-state index contributed by atoms with van der Waals surface area (Å²) in [6, 6.07) is -0.337. The molecule has 5 nitrogen and oxygen atoms in total. The lowest BCUT2D eigenvalue weighted by Crippen LogP contribution is -2.42. The van der Waals surface area contributed by atoms with Crippen molar-refractivity contribution in [1.82, 2.24) is 4.31 Å². The van der Waals surface area contributed by atoms with E-state index in [9.17, 15) is 13.2 Å². The highest BCUT2D eigenvalue weighted by molar-refractivity contribution is 7.89. The zero-order valence-corrected chi connectivity index (χ0v) is 12.0. The second-order valence-electron chi connectivity index (χ2n) is 5.66. The van der Waals surface area contributed by atoms with Crippen LogP contribution in [0, 0.1) is 5.41 Å². The second-order valence-corrected chi connectivity index (χ2v) is 7.70. The molecule has 1 N–H and O–H groups in total. The van der Waals surface area contributed by atoms with E-state index in [2.05, 4.69) is 0 Å². The van der Waals surface area contributed by atoms with Crippen LogP contribution >= 0.6 is 0 Å². The van der Waals surface area contributed by atoms with Gasteiger partial charge in [-0.2, -0.15) is 4.31 Å². The van der Waals surface area contributed by atoms with E-state index >= 15 is 0 Å². The number of hydrogen-bond acceptors (Lipinski definition) is 3. The van der Waals surface area contributed by atoms with Crippen LogP contribution in [0.2, 0.25) is 0 Å². The quantitative estimate of drug-likeness (QED) is 0.790. The van der Waals surface area contributed by atoms with Crippen molar-refractivity contribution in [2.45, 2.75) is 47.1 Å². The minimum Gasteiger partial charge on any atom is -0.480 e. The molecule has 0 heterocycles. The number of hydrogen-bond donors (Lipinski definition) is 1. The summed E-state index contributed by atoms with van der Waals surface area (Å²) >= 11 is 0. The largest absolute Gasteiger partial charge is 0.480 e. The van der Waals surface area contributed by atoms with E-state index < -0.39 is 22.5 Å². The number of carboxylic acid groups (broad SMARTS) is 1. The summed E-state index contributed by atoms with van der Waals surface area (Å²) < 4.78 is 25.1. The molecule has 0 amide bonds. The summed E-state index contributed by atoms with van der Waals surface area (Å²) in [5, 5.41) is 8.72. The molecule has 0 atom stereocenters. The highest BCUT2D eigenvalue weighted by atomic mass is 32.2. The van der Waals surface area contributed by atoms with Crippen LogP contribution < -0.4 is 0 Å². The van der Waals surface area contributed by atoms with Crippen molar-refractivity contribution in [3.63, 3.8) is 0 Å². The number of rotatable bonds is 6. The maximum absolute atomic E-state index is 12.0. The van der Waals surface area contributed by atoms with E-state index in [0.29, 0.717) is 6.42 Å². The Bertz CT molecular complexity index is 354. The first-order valence-electron chi connectivity index (χ1n) is 5.67. The van der Waals surface area contributed by atoms with Crippen molar-refractivity contribution in [3.05, 3.63) is 0 Å². The summed E-state index contributed by atoms with van der Waals surface area (Å²) in [5.74, 6) is -1.14. The molecule has 0 unspecified atom stereocenters. The predicted octanol–water partition coefficient (Wildman–Crippen LogP) is 1.55. The number of carboxylic acids is 1. The van der Waals surface area contributed by atoms with Crippen molar-refractivity contribution in [3.8, 4) is 0 Å². The van der Waals surface area contributed by atoms with Gasteiger partial charge in [0.05, 0.1) is 5.75 Å². The minimum absolute atomic E-state index is 0.0119. The molecule has 0 rings (SSSR count). The van der Waals surface area contributed by atoms with Gasteiger partial charge in [0.1, 0.15) is 6.54 Å². The Kier molecular flexibility index (Phi) is 5.61. The fourth-order valence-corrected chi connectivity index (χ4v) is 3.34. The molecule has 0 aliphatic heterocycles. The Morgan fingerprint density at radius 2 is 1.76 bits per heavy atom. The van der Waals surface area contributed by atoms with Crippen LogP contribution in [0.4, 0.5) is 0 Å². The summed E-state index contributed by atoms with van der Waals surface area (Å²) in [4.78, 5) is 10.7. The van der Waals surface area contributed by atoms with Crippen LogP contribution in [-0.4, -0.2) is 42.1 Å². The normalized spacial score (nSPS) is 13.4. The van der Waals surface area contributed by atoms with E-state index in [-0.39, 0.29) is 17.2 Å². The van der Waals surface area contributed by atoms with Gasteiger partial charge < -0.3 is 5.11 Å². The third-order valence-corrected chi connectivity index (χ3v) is 4.32. The molecular formula is C11H23NO4S. The van der Waals surface area contributed by atoms with Gasteiger partial charge in [-0.05, 0) is 25.7 Å². The van der Waals surface area contributed by atoms with Crippen molar-refractivity contribution in [2.24, 2.45) is 5.41 Å². The van der Waals surface area contributed by atoms with E-state index in [1.54, 1.807) is 13.8 Å². The van der Waals surface area contributed by atoms with Gasteiger partial charge >= 0.3 is 5.97 Å². The maximum atomic E-state index is 12.0. The van der Waals surface area contributed by atoms with Crippen LogP contribution in [0.25, 0.3) is 0 Å². The molecule has 0 saturated heterocycles. The lowest BCUT2D eigenvalue weighted by atomic mass is 9.94. The molecule has 0 aromatic heterocycles. The molecule has 0 radical (unpaired) electrons. The Labute approximate surface area is 104 Å². The second kappa shape index (κ2) is 5.82. The molecule has 6 heteroatoms. The molecule has 0 aliphatic rings. The summed E-state index contributed by atoms with van der Waals surface area (Å²) in [6.07, 6.45) is 0.512. The summed E-state index contributed by atoms with van der Waals surface area (Å²) in [7, 11) is -3.50. The monoisotopic (exact) mass is 265 g/mol. The fraction of sp³-hybridized carbons (Fsp3) is 0.909. The number of aliphatic carboxylic acids is 1. The molecule has 0 aromatic carbocycles. The molecule has 0 aromatic rings. The lowest BCUT2D eigenvalue weighted by molar-refractivity contribution is -0.137. The van der Waals surface area contributed by atoms with Gasteiger partial charge in [-0.1, -0.05) is 20.8 Å². The summed E-state index contributed by atoms with van der Waals surface area (Å²) in [5.41, 5.74) is -0.0844. The Balaban J connectivity index is 4.79.